The molecule has 3 heteroatoms. The van der Waals surface area contributed by atoms with Crippen molar-refractivity contribution in [1.82, 2.24) is 0 Å². The molecule has 1 rings (SSSR count). The molecule has 74 valence electrons. The summed E-state index contributed by atoms with van der Waals surface area (Å²) in [4.78, 5) is 10.1. The van der Waals surface area contributed by atoms with Crippen LogP contribution in [0.2, 0.25) is 0 Å². The molecule has 1 aromatic rings. The normalized spacial score (nSPS) is 10.1. The molecule has 1 aromatic carbocycles. The van der Waals surface area contributed by atoms with Crippen LogP contribution in [0.1, 0.15) is 5.56 Å². The maximum absolute atomic E-state index is 10.1. The van der Waals surface area contributed by atoms with E-state index in [1.807, 2.05) is 6.07 Å². The summed E-state index contributed by atoms with van der Waals surface area (Å²) < 4.78 is 10.2. The van der Waals surface area contributed by atoms with Gasteiger partial charge < -0.3 is 9.47 Å². The average Bonchev–Trinajstić information content (AvgIpc) is 2.25. The maximum Gasteiger partial charge on any atom is 0.161 e. The minimum absolute atomic E-state index is 0.653. The van der Waals surface area contributed by atoms with E-state index in [0.29, 0.717) is 11.5 Å². The minimum atomic E-state index is 0.653. The third kappa shape index (κ3) is 2.36. The molecule has 0 atom stereocenters. The number of carbonyl (C=O) groups is 1. The van der Waals surface area contributed by atoms with Crippen molar-refractivity contribution in [2.24, 2.45) is 0 Å². The second-order valence-corrected chi connectivity index (χ2v) is 2.61. The fraction of sp³-hybridized carbons (Fsp3) is 0.182. The SMILES string of the molecule is COc1ccc(C=CC=O)cc1OC. The van der Waals surface area contributed by atoms with Crippen LogP contribution in [0.4, 0.5) is 0 Å². The predicted octanol–water partition coefficient (Wildman–Crippen LogP) is 1.92. The van der Waals surface area contributed by atoms with E-state index in [1.165, 1.54) is 6.08 Å². The Bertz CT molecular complexity index is 342. The first-order valence-electron chi connectivity index (χ1n) is 4.15. The van der Waals surface area contributed by atoms with E-state index in [2.05, 4.69) is 0 Å². The summed E-state index contributed by atoms with van der Waals surface area (Å²) in [5, 5.41) is 0. The van der Waals surface area contributed by atoms with E-state index in [9.17, 15) is 4.79 Å². The van der Waals surface area contributed by atoms with Crippen LogP contribution in [0, 0.1) is 0 Å². The fourth-order valence-electron chi connectivity index (χ4n) is 1.11. The molecule has 0 aliphatic rings. The van der Waals surface area contributed by atoms with Crippen molar-refractivity contribution in [2.75, 3.05) is 14.2 Å². The smallest absolute Gasteiger partial charge is 0.161 e. The Morgan fingerprint density at radius 1 is 1.14 bits per heavy atom. The molecule has 0 bridgehead atoms. The summed E-state index contributed by atoms with van der Waals surface area (Å²) in [6.45, 7) is 0. The number of benzene rings is 1. The first-order chi connectivity index (χ1) is 6.81. The van der Waals surface area contributed by atoms with E-state index in [0.717, 1.165) is 11.8 Å². The van der Waals surface area contributed by atoms with Crippen LogP contribution in [0.15, 0.2) is 24.3 Å². The number of carbonyl (C=O) groups excluding carboxylic acids is 1. The zero-order valence-electron chi connectivity index (χ0n) is 8.19. The van der Waals surface area contributed by atoms with Crippen LogP contribution >= 0.6 is 0 Å². The third-order valence-corrected chi connectivity index (χ3v) is 1.77. The lowest BCUT2D eigenvalue weighted by atomic mass is 10.2. The lowest BCUT2D eigenvalue weighted by molar-refractivity contribution is -0.104. The fourth-order valence-corrected chi connectivity index (χ4v) is 1.11. The van der Waals surface area contributed by atoms with Gasteiger partial charge in [0.15, 0.2) is 11.5 Å². The Morgan fingerprint density at radius 2 is 1.86 bits per heavy atom. The van der Waals surface area contributed by atoms with Gasteiger partial charge >= 0.3 is 0 Å². The van der Waals surface area contributed by atoms with Gasteiger partial charge in [-0.25, -0.2) is 0 Å². The van der Waals surface area contributed by atoms with Crippen molar-refractivity contribution in [2.45, 2.75) is 0 Å². The van der Waals surface area contributed by atoms with E-state index in [4.69, 9.17) is 9.47 Å². The molecule has 0 fully saturated rings. The van der Waals surface area contributed by atoms with Gasteiger partial charge in [-0.2, -0.15) is 0 Å². The molecule has 0 N–H and O–H groups in total. The van der Waals surface area contributed by atoms with E-state index in [-0.39, 0.29) is 0 Å². The Hall–Kier alpha value is -1.77. The van der Waals surface area contributed by atoms with Gasteiger partial charge in [-0.3, -0.25) is 4.79 Å². The van der Waals surface area contributed by atoms with Crippen molar-refractivity contribution in [3.05, 3.63) is 29.8 Å². The second-order valence-electron chi connectivity index (χ2n) is 2.61. The third-order valence-electron chi connectivity index (χ3n) is 1.77. The average molecular weight is 192 g/mol. The molecule has 0 aliphatic heterocycles. The van der Waals surface area contributed by atoms with Crippen LogP contribution in [0.25, 0.3) is 6.08 Å². The number of hydrogen-bond donors (Lipinski definition) is 0. The summed E-state index contributed by atoms with van der Waals surface area (Å²) in [6.07, 6.45) is 3.87. The lowest BCUT2D eigenvalue weighted by Gasteiger charge is -2.07. The zero-order valence-corrected chi connectivity index (χ0v) is 8.19. The van der Waals surface area contributed by atoms with Crippen molar-refractivity contribution < 1.29 is 14.3 Å². The van der Waals surface area contributed by atoms with Crippen molar-refractivity contribution in [3.8, 4) is 11.5 Å². The predicted molar refractivity (Wildman–Crippen MR) is 54.6 cm³/mol. The highest BCUT2D eigenvalue weighted by Gasteiger charge is 2.01. The van der Waals surface area contributed by atoms with Gasteiger partial charge in [-0.1, -0.05) is 12.1 Å². The Morgan fingerprint density at radius 3 is 2.43 bits per heavy atom. The Labute approximate surface area is 83.0 Å². The van der Waals surface area contributed by atoms with Crippen molar-refractivity contribution in [3.63, 3.8) is 0 Å². The van der Waals surface area contributed by atoms with Crippen LogP contribution in [0.3, 0.4) is 0 Å². The van der Waals surface area contributed by atoms with Gasteiger partial charge in [-0.15, -0.1) is 0 Å². The number of aldehydes is 1. The molecule has 0 saturated carbocycles. The molecular formula is C11H12O3. The number of rotatable bonds is 4. The lowest BCUT2D eigenvalue weighted by Crippen LogP contribution is -1.90. The highest BCUT2D eigenvalue weighted by Crippen LogP contribution is 2.27. The van der Waals surface area contributed by atoms with Gasteiger partial charge in [0.05, 0.1) is 14.2 Å². The number of allylic oxidation sites excluding steroid dienone is 1. The molecule has 0 spiro atoms. The van der Waals surface area contributed by atoms with Crippen LogP contribution in [-0.4, -0.2) is 20.5 Å². The highest BCUT2D eigenvalue weighted by atomic mass is 16.5. The first kappa shape index (κ1) is 10.3. The molecular weight excluding hydrogens is 180 g/mol. The zero-order chi connectivity index (χ0) is 10.4. The number of ether oxygens (including phenoxy) is 2. The number of methoxy groups -OCH3 is 2. The van der Waals surface area contributed by atoms with Crippen molar-refractivity contribution in [1.29, 1.82) is 0 Å². The molecule has 0 unspecified atom stereocenters. The van der Waals surface area contributed by atoms with Gasteiger partial charge in [-0.05, 0) is 23.8 Å². The Balaban J connectivity index is 3.00. The second kappa shape index (κ2) is 5.07. The van der Waals surface area contributed by atoms with E-state index >= 15 is 0 Å². The van der Waals surface area contributed by atoms with E-state index in [1.54, 1.807) is 32.4 Å². The van der Waals surface area contributed by atoms with Gasteiger partial charge in [0.1, 0.15) is 6.29 Å². The van der Waals surface area contributed by atoms with E-state index < -0.39 is 0 Å². The summed E-state index contributed by atoms with van der Waals surface area (Å²) in [7, 11) is 3.16. The molecule has 14 heavy (non-hydrogen) atoms. The van der Waals surface area contributed by atoms with Gasteiger partial charge in [0, 0.05) is 0 Å². The Kier molecular flexibility index (Phi) is 3.73. The summed E-state index contributed by atoms with van der Waals surface area (Å²) >= 11 is 0. The largest absolute Gasteiger partial charge is 0.493 e. The monoisotopic (exact) mass is 192 g/mol. The molecule has 0 aromatic heterocycles. The summed E-state index contributed by atoms with van der Waals surface area (Å²) in [5.41, 5.74) is 0.898. The summed E-state index contributed by atoms with van der Waals surface area (Å²) in [5.74, 6) is 1.33. The summed E-state index contributed by atoms with van der Waals surface area (Å²) in [6, 6.07) is 5.45. The maximum atomic E-state index is 10.1. The number of hydrogen-bond acceptors (Lipinski definition) is 3. The molecule has 0 radical (unpaired) electrons. The van der Waals surface area contributed by atoms with Crippen LogP contribution in [-0.2, 0) is 4.79 Å². The standard InChI is InChI=1S/C11H12O3/c1-13-10-6-5-9(4-3-7-12)8-11(10)14-2/h3-8H,1-2H3. The topological polar surface area (TPSA) is 35.5 Å². The minimum Gasteiger partial charge on any atom is -0.493 e. The van der Waals surface area contributed by atoms with Crippen LogP contribution in [0.5, 0.6) is 11.5 Å². The molecule has 0 heterocycles. The van der Waals surface area contributed by atoms with Crippen molar-refractivity contribution >= 4 is 12.4 Å². The molecule has 0 aliphatic carbocycles. The van der Waals surface area contributed by atoms with Gasteiger partial charge in [0.25, 0.3) is 0 Å². The van der Waals surface area contributed by atoms with Crippen LogP contribution < -0.4 is 9.47 Å². The first-order valence-corrected chi connectivity index (χ1v) is 4.15. The quantitative estimate of drug-likeness (QED) is 0.540. The highest BCUT2D eigenvalue weighted by molar-refractivity contribution is 5.74. The van der Waals surface area contributed by atoms with Gasteiger partial charge in [0.2, 0.25) is 0 Å². The molecule has 3 nitrogen and oxygen atoms in total. The molecule has 0 amide bonds. The molecule has 0 saturated heterocycles.